The first-order valence-electron chi connectivity index (χ1n) is 8.90. The van der Waals surface area contributed by atoms with E-state index in [0.717, 1.165) is 16.8 Å². The van der Waals surface area contributed by atoms with Gasteiger partial charge in [0.15, 0.2) is 0 Å². The zero-order chi connectivity index (χ0) is 19.9. The van der Waals surface area contributed by atoms with Crippen LogP contribution in [-0.4, -0.2) is 18.1 Å². The summed E-state index contributed by atoms with van der Waals surface area (Å²) in [5.41, 5.74) is 5.97. The fraction of sp³-hybridized carbons (Fsp3) is 0.0833. The molecule has 3 rings (SSSR count). The van der Waals surface area contributed by atoms with E-state index in [1.807, 2.05) is 24.3 Å². The van der Waals surface area contributed by atoms with Crippen LogP contribution in [0.4, 0.5) is 5.69 Å². The Labute approximate surface area is 170 Å². The second-order valence-electron chi connectivity index (χ2n) is 6.34. The van der Waals surface area contributed by atoms with Gasteiger partial charge in [0.25, 0.3) is 0 Å². The molecule has 0 spiro atoms. The fourth-order valence-electron chi connectivity index (χ4n) is 2.80. The van der Waals surface area contributed by atoms with Crippen molar-refractivity contribution < 1.29 is 9.53 Å². The van der Waals surface area contributed by atoms with Crippen LogP contribution in [0.1, 0.15) is 21.5 Å². The fourth-order valence-corrected chi connectivity index (χ4v) is 2.98. The molecule has 0 unspecified atom stereocenters. The van der Waals surface area contributed by atoms with E-state index in [4.69, 9.17) is 17.0 Å². The van der Waals surface area contributed by atoms with Crippen molar-refractivity contribution in [3.05, 3.63) is 95.6 Å². The summed E-state index contributed by atoms with van der Waals surface area (Å²) in [6.07, 6.45) is 3.88. The minimum atomic E-state index is -0.360. The monoisotopic (exact) mass is 387 g/mol. The number of ether oxygens (including phenoxy) is 1. The topological polar surface area (TPSA) is 38.3 Å². The third kappa shape index (κ3) is 4.93. The maximum absolute atomic E-state index is 11.5. The molecule has 0 fully saturated rings. The van der Waals surface area contributed by atoms with E-state index in [1.54, 1.807) is 24.3 Å². The minimum absolute atomic E-state index is 0.360. The van der Waals surface area contributed by atoms with Crippen molar-refractivity contribution in [2.75, 3.05) is 12.4 Å². The molecule has 0 atom stereocenters. The smallest absolute Gasteiger partial charge is 0.337 e. The number of benzene rings is 3. The van der Waals surface area contributed by atoms with Gasteiger partial charge in [-0.15, -0.1) is 0 Å². The molecule has 0 aliphatic rings. The third-order valence-electron chi connectivity index (χ3n) is 4.31. The van der Waals surface area contributed by atoms with Crippen molar-refractivity contribution in [2.24, 2.45) is 0 Å². The number of rotatable bonds is 5. The highest BCUT2D eigenvalue weighted by atomic mass is 32.1. The van der Waals surface area contributed by atoms with Crippen LogP contribution in [-0.2, 0) is 4.74 Å². The molecular formula is C24H21NO2S. The predicted octanol–water partition coefficient (Wildman–Crippen LogP) is 5.90. The molecule has 140 valence electrons. The lowest BCUT2D eigenvalue weighted by Gasteiger charge is -2.08. The number of carbonyl (C=O) groups excluding carboxylic acids is 1. The Kier molecular flexibility index (Phi) is 6.35. The first-order chi connectivity index (χ1) is 13.6. The van der Waals surface area contributed by atoms with Gasteiger partial charge < -0.3 is 10.1 Å². The lowest BCUT2D eigenvalue weighted by molar-refractivity contribution is 0.0601. The second kappa shape index (κ2) is 9.11. The predicted molar refractivity (Wildman–Crippen MR) is 120 cm³/mol. The minimum Gasteiger partial charge on any atom is -0.465 e. The maximum Gasteiger partial charge on any atom is 0.337 e. The SMILES string of the molecule is COC(=O)c1ccc(NC(=S)/C=C/c2ccccc2-c2ccc(C)cc2)cc1. The van der Waals surface area contributed by atoms with Crippen LogP contribution in [0.5, 0.6) is 0 Å². The Hall–Kier alpha value is -3.24. The van der Waals surface area contributed by atoms with Gasteiger partial charge in [0, 0.05) is 5.69 Å². The molecule has 3 aromatic rings. The molecule has 0 saturated carbocycles. The van der Waals surface area contributed by atoms with Crippen molar-refractivity contribution in [1.82, 2.24) is 0 Å². The molecule has 0 amide bonds. The van der Waals surface area contributed by atoms with Gasteiger partial charge in [-0.05, 0) is 54.0 Å². The van der Waals surface area contributed by atoms with Crippen LogP contribution in [0.3, 0.4) is 0 Å². The van der Waals surface area contributed by atoms with Gasteiger partial charge in [0.2, 0.25) is 0 Å². The van der Waals surface area contributed by atoms with Crippen molar-refractivity contribution in [3.8, 4) is 11.1 Å². The molecule has 0 aliphatic carbocycles. The molecule has 28 heavy (non-hydrogen) atoms. The molecule has 0 bridgehead atoms. The molecule has 1 N–H and O–H groups in total. The van der Waals surface area contributed by atoms with Crippen molar-refractivity contribution in [2.45, 2.75) is 6.92 Å². The van der Waals surface area contributed by atoms with E-state index >= 15 is 0 Å². The van der Waals surface area contributed by atoms with E-state index in [-0.39, 0.29) is 5.97 Å². The molecule has 0 radical (unpaired) electrons. The van der Waals surface area contributed by atoms with Crippen LogP contribution < -0.4 is 5.32 Å². The summed E-state index contributed by atoms with van der Waals surface area (Å²) in [5.74, 6) is -0.360. The molecule has 3 aromatic carbocycles. The van der Waals surface area contributed by atoms with Gasteiger partial charge >= 0.3 is 5.97 Å². The van der Waals surface area contributed by atoms with Gasteiger partial charge in [0.1, 0.15) is 4.99 Å². The third-order valence-corrected chi connectivity index (χ3v) is 4.55. The van der Waals surface area contributed by atoms with E-state index in [9.17, 15) is 4.79 Å². The number of carbonyl (C=O) groups is 1. The average molecular weight is 388 g/mol. The van der Waals surface area contributed by atoms with Crippen LogP contribution in [0.15, 0.2) is 78.9 Å². The summed E-state index contributed by atoms with van der Waals surface area (Å²) in [4.78, 5) is 12.1. The normalized spacial score (nSPS) is 10.6. The summed E-state index contributed by atoms with van der Waals surface area (Å²) in [6, 6.07) is 23.7. The number of hydrogen-bond acceptors (Lipinski definition) is 3. The molecule has 4 heteroatoms. The Morgan fingerprint density at radius 2 is 1.64 bits per heavy atom. The quantitative estimate of drug-likeness (QED) is 0.336. The van der Waals surface area contributed by atoms with Crippen molar-refractivity contribution in [1.29, 1.82) is 0 Å². The largest absolute Gasteiger partial charge is 0.465 e. The van der Waals surface area contributed by atoms with Crippen LogP contribution in [0.25, 0.3) is 17.2 Å². The first kappa shape index (κ1) is 19.5. The number of esters is 1. The molecule has 0 heterocycles. The molecule has 0 aliphatic heterocycles. The van der Waals surface area contributed by atoms with Crippen LogP contribution in [0, 0.1) is 6.92 Å². The number of hydrogen-bond donors (Lipinski definition) is 1. The Bertz CT molecular complexity index is 1010. The van der Waals surface area contributed by atoms with Crippen molar-refractivity contribution in [3.63, 3.8) is 0 Å². The van der Waals surface area contributed by atoms with E-state index in [1.165, 1.54) is 18.2 Å². The number of methoxy groups -OCH3 is 1. The zero-order valence-corrected chi connectivity index (χ0v) is 16.6. The van der Waals surface area contributed by atoms with Gasteiger partial charge in [0.05, 0.1) is 12.7 Å². The Morgan fingerprint density at radius 3 is 2.32 bits per heavy atom. The highest BCUT2D eigenvalue weighted by molar-refractivity contribution is 7.81. The standard InChI is InChI=1S/C24H21NO2S/c1-17-7-9-19(10-8-17)22-6-4-3-5-18(22)13-16-23(28)25-21-14-11-20(12-15-21)24(26)27-2/h3-16H,1-2H3,(H,25,28)/b16-13+. The molecule has 3 nitrogen and oxygen atoms in total. The van der Waals surface area contributed by atoms with Crippen molar-refractivity contribution >= 4 is 34.9 Å². The van der Waals surface area contributed by atoms with Crippen LogP contribution in [0.2, 0.25) is 0 Å². The van der Waals surface area contributed by atoms with Gasteiger partial charge in [-0.3, -0.25) is 0 Å². The highest BCUT2D eigenvalue weighted by Gasteiger charge is 2.05. The van der Waals surface area contributed by atoms with Gasteiger partial charge in [-0.2, -0.15) is 0 Å². The maximum atomic E-state index is 11.5. The summed E-state index contributed by atoms with van der Waals surface area (Å²) < 4.78 is 4.70. The Morgan fingerprint density at radius 1 is 0.964 bits per heavy atom. The summed E-state index contributed by atoms with van der Waals surface area (Å²) in [5, 5.41) is 3.16. The number of aryl methyl sites for hydroxylation is 1. The highest BCUT2D eigenvalue weighted by Crippen LogP contribution is 2.25. The molecule has 0 aromatic heterocycles. The number of nitrogens with one attached hydrogen (secondary N) is 1. The lowest BCUT2D eigenvalue weighted by Crippen LogP contribution is -2.06. The summed E-state index contributed by atoms with van der Waals surface area (Å²) in [7, 11) is 1.36. The summed E-state index contributed by atoms with van der Waals surface area (Å²) in [6.45, 7) is 2.08. The first-order valence-corrected chi connectivity index (χ1v) is 9.31. The molecule has 0 saturated heterocycles. The zero-order valence-electron chi connectivity index (χ0n) is 15.8. The number of thiocarbonyl (C=S) groups is 1. The second-order valence-corrected chi connectivity index (χ2v) is 6.78. The molecular weight excluding hydrogens is 366 g/mol. The van der Waals surface area contributed by atoms with Gasteiger partial charge in [-0.1, -0.05) is 72.4 Å². The summed E-state index contributed by atoms with van der Waals surface area (Å²) >= 11 is 5.43. The lowest BCUT2D eigenvalue weighted by atomic mass is 9.98. The number of anilines is 1. The Balaban J connectivity index is 1.72. The van der Waals surface area contributed by atoms with Gasteiger partial charge in [-0.25, -0.2) is 4.79 Å². The van der Waals surface area contributed by atoms with E-state index in [2.05, 4.69) is 48.6 Å². The average Bonchev–Trinajstić information content (AvgIpc) is 2.73. The van der Waals surface area contributed by atoms with Crippen LogP contribution >= 0.6 is 12.2 Å². The van der Waals surface area contributed by atoms with E-state index in [0.29, 0.717) is 10.6 Å². The van der Waals surface area contributed by atoms with E-state index < -0.39 is 0 Å².